The summed E-state index contributed by atoms with van der Waals surface area (Å²) in [5.74, 6) is 2.22. The lowest BCUT2D eigenvalue weighted by atomic mass is 10.1. The molecule has 2 heterocycles. The summed E-state index contributed by atoms with van der Waals surface area (Å²) in [4.78, 5) is 14.7. The predicted molar refractivity (Wildman–Crippen MR) is 112 cm³/mol. The van der Waals surface area contributed by atoms with Crippen molar-refractivity contribution in [2.24, 2.45) is 0 Å². The van der Waals surface area contributed by atoms with Crippen LogP contribution in [0.25, 0.3) is 11.4 Å². The van der Waals surface area contributed by atoms with E-state index in [0.717, 1.165) is 17.1 Å². The van der Waals surface area contributed by atoms with Crippen molar-refractivity contribution in [3.8, 4) is 28.6 Å². The molecule has 1 aliphatic heterocycles. The summed E-state index contributed by atoms with van der Waals surface area (Å²) in [5, 5.41) is 18.3. The van der Waals surface area contributed by atoms with E-state index < -0.39 is 4.92 Å². The number of rotatable bonds is 5. The van der Waals surface area contributed by atoms with Crippen molar-refractivity contribution in [1.29, 1.82) is 0 Å². The molecule has 1 aliphatic rings. The van der Waals surface area contributed by atoms with Crippen molar-refractivity contribution in [3.63, 3.8) is 0 Å². The Labute approximate surface area is 180 Å². The molecule has 5 rings (SSSR count). The number of nitro benzene ring substituents is 1. The summed E-state index contributed by atoms with van der Waals surface area (Å²) in [6, 6.07) is 17.3. The topological polar surface area (TPSA) is 113 Å². The average molecular weight is 437 g/mol. The lowest BCUT2D eigenvalue weighted by Crippen LogP contribution is -2.02. The van der Waals surface area contributed by atoms with Gasteiger partial charge >= 0.3 is 0 Å². The number of nitrogens with zero attached hydrogens (tertiary/aromatic N) is 3. The molecule has 0 amide bonds. The van der Waals surface area contributed by atoms with Crippen LogP contribution in [0.4, 0.5) is 17.1 Å². The summed E-state index contributed by atoms with van der Waals surface area (Å²) in [6.07, 6.45) is 0. The van der Waals surface area contributed by atoms with Gasteiger partial charge in [-0.3, -0.25) is 10.1 Å². The van der Waals surface area contributed by atoms with Crippen molar-refractivity contribution in [2.45, 2.75) is 6.61 Å². The molecule has 10 heteroatoms. The van der Waals surface area contributed by atoms with E-state index in [2.05, 4.69) is 15.5 Å². The monoisotopic (exact) mass is 436 g/mol. The highest BCUT2D eigenvalue weighted by Crippen LogP contribution is 2.43. The number of benzene rings is 3. The molecule has 0 unspecified atom stereocenters. The maximum absolute atomic E-state index is 11.0. The summed E-state index contributed by atoms with van der Waals surface area (Å²) in [5.41, 5.74) is 2.19. The molecule has 9 nitrogen and oxygen atoms in total. The molecule has 0 aliphatic carbocycles. The molecule has 154 valence electrons. The minimum Gasteiger partial charge on any atom is -0.484 e. The maximum Gasteiger partial charge on any atom is 0.291 e. The molecule has 1 N–H and O–H groups in total. The number of ether oxygens (including phenoxy) is 2. The van der Waals surface area contributed by atoms with Gasteiger partial charge in [-0.2, -0.15) is 4.98 Å². The summed E-state index contributed by atoms with van der Waals surface area (Å²) in [7, 11) is 0. The van der Waals surface area contributed by atoms with Crippen LogP contribution in [0.3, 0.4) is 0 Å². The van der Waals surface area contributed by atoms with Gasteiger partial charge in [0.15, 0.2) is 18.1 Å². The fraction of sp³-hybridized carbons (Fsp3) is 0.0476. The first-order chi connectivity index (χ1) is 15.1. The number of hydrogen-bond acceptors (Lipinski definition) is 8. The quantitative estimate of drug-likeness (QED) is 0.274. The highest BCUT2D eigenvalue weighted by Gasteiger charge is 2.19. The van der Waals surface area contributed by atoms with Gasteiger partial charge in [-0.1, -0.05) is 28.9 Å². The van der Waals surface area contributed by atoms with Crippen LogP contribution in [0.5, 0.6) is 17.2 Å². The summed E-state index contributed by atoms with van der Waals surface area (Å²) >= 11 is 5.81. The molecule has 0 atom stereocenters. The SMILES string of the molecule is O=[N+]([O-])c1cc(OCc2nc(-c3ccc4c(c3)Oc3ccccc3N4)no2)ccc1Cl. The van der Waals surface area contributed by atoms with Crippen molar-refractivity contribution in [3.05, 3.63) is 81.7 Å². The van der Waals surface area contributed by atoms with E-state index in [1.165, 1.54) is 18.2 Å². The molecule has 0 fully saturated rings. The number of nitrogens with one attached hydrogen (secondary N) is 1. The van der Waals surface area contributed by atoms with Crippen LogP contribution in [0, 0.1) is 10.1 Å². The number of anilines is 2. The van der Waals surface area contributed by atoms with Crippen LogP contribution in [0.1, 0.15) is 5.89 Å². The van der Waals surface area contributed by atoms with Crippen LogP contribution < -0.4 is 14.8 Å². The van der Waals surface area contributed by atoms with E-state index in [1.54, 1.807) is 0 Å². The van der Waals surface area contributed by atoms with Crippen molar-refractivity contribution < 1.29 is 18.9 Å². The molecular formula is C21H13ClN4O5. The largest absolute Gasteiger partial charge is 0.484 e. The van der Waals surface area contributed by atoms with E-state index in [9.17, 15) is 10.1 Å². The Morgan fingerprint density at radius 2 is 1.90 bits per heavy atom. The van der Waals surface area contributed by atoms with Gasteiger partial charge in [-0.25, -0.2) is 0 Å². The minimum absolute atomic E-state index is 0.0316. The van der Waals surface area contributed by atoms with E-state index >= 15 is 0 Å². The standard InChI is InChI=1S/C21H13ClN4O5/c22-14-7-6-13(10-17(14)26(27)28)29-11-20-24-21(25-31-20)12-5-8-16-19(9-12)30-18-4-2-1-3-15(18)23-16/h1-10,23H,11H2. The van der Waals surface area contributed by atoms with E-state index in [4.69, 9.17) is 25.6 Å². The Balaban J connectivity index is 1.31. The third-order valence-corrected chi connectivity index (χ3v) is 4.88. The van der Waals surface area contributed by atoms with Crippen molar-refractivity contribution in [2.75, 3.05) is 5.32 Å². The van der Waals surface area contributed by atoms with Crippen LogP contribution in [-0.2, 0) is 6.61 Å². The van der Waals surface area contributed by atoms with Gasteiger partial charge in [0.05, 0.1) is 22.4 Å². The molecule has 31 heavy (non-hydrogen) atoms. The van der Waals surface area contributed by atoms with E-state index in [0.29, 0.717) is 17.1 Å². The predicted octanol–water partition coefficient (Wildman–Crippen LogP) is 5.73. The number of hydrogen-bond donors (Lipinski definition) is 1. The number of para-hydroxylation sites is 2. The minimum atomic E-state index is -0.578. The first-order valence-corrected chi connectivity index (χ1v) is 9.52. The second kappa shape index (κ2) is 7.62. The Morgan fingerprint density at radius 1 is 1.06 bits per heavy atom. The van der Waals surface area contributed by atoms with Crippen LogP contribution in [0.15, 0.2) is 65.2 Å². The molecule has 0 saturated carbocycles. The molecule has 0 saturated heterocycles. The lowest BCUT2D eigenvalue weighted by molar-refractivity contribution is -0.384. The molecule has 1 aromatic heterocycles. The molecule has 0 bridgehead atoms. The normalized spacial score (nSPS) is 11.6. The van der Waals surface area contributed by atoms with Crippen LogP contribution in [0.2, 0.25) is 5.02 Å². The Kier molecular flexibility index (Phi) is 4.64. The Bertz CT molecular complexity index is 1310. The summed E-state index contributed by atoms with van der Waals surface area (Å²) < 4.78 is 16.7. The maximum atomic E-state index is 11.0. The molecule has 3 aromatic carbocycles. The molecule has 4 aromatic rings. The number of fused-ring (bicyclic) bond motifs is 2. The molecule has 0 spiro atoms. The number of aromatic nitrogens is 2. The third kappa shape index (κ3) is 3.74. The second-order valence-corrected chi connectivity index (χ2v) is 7.01. The van der Waals surface area contributed by atoms with Crippen molar-refractivity contribution in [1.82, 2.24) is 10.1 Å². The fourth-order valence-electron chi connectivity index (χ4n) is 3.07. The third-order valence-electron chi connectivity index (χ3n) is 4.56. The van der Waals surface area contributed by atoms with E-state index in [1.807, 2.05) is 42.5 Å². The second-order valence-electron chi connectivity index (χ2n) is 6.60. The molecule has 0 radical (unpaired) electrons. The van der Waals surface area contributed by atoms with Crippen molar-refractivity contribution >= 4 is 28.7 Å². The Morgan fingerprint density at radius 3 is 2.77 bits per heavy atom. The van der Waals surface area contributed by atoms with Crippen LogP contribution >= 0.6 is 11.6 Å². The summed E-state index contributed by atoms with van der Waals surface area (Å²) in [6.45, 7) is -0.0534. The zero-order valence-corrected chi connectivity index (χ0v) is 16.5. The van der Waals surface area contributed by atoms with Gasteiger partial charge < -0.3 is 19.3 Å². The fourth-order valence-corrected chi connectivity index (χ4v) is 3.26. The van der Waals surface area contributed by atoms with Gasteiger partial charge in [-0.15, -0.1) is 0 Å². The van der Waals surface area contributed by atoms with E-state index in [-0.39, 0.29) is 29.0 Å². The zero-order chi connectivity index (χ0) is 21.4. The average Bonchev–Trinajstić information content (AvgIpc) is 3.25. The zero-order valence-electron chi connectivity index (χ0n) is 15.7. The number of halogens is 1. The first kappa shape index (κ1) is 18.9. The van der Waals surface area contributed by atoms with Crippen LogP contribution in [-0.4, -0.2) is 15.1 Å². The van der Waals surface area contributed by atoms with Gasteiger partial charge in [-0.05, 0) is 42.5 Å². The highest BCUT2D eigenvalue weighted by atomic mass is 35.5. The lowest BCUT2D eigenvalue weighted by Gasteiger charge is -2.21. The number of nitro groups is 1. The Hall–Kier alpha value is -4.11. The van der Waals surface area contributed by atoms with Gasteiger partial charge in [0.25, 0.3) is 11.6 Å². The van der Waals surface area contributed by atoms with Gasteiger partial charge in [0, 0.05) is 5.56 Å². The molecular weight excluding hydrogens is 424 g/mol. The van der Waals surface area contributed by atoms with Gasteiger partial charge in [0.1, 0.15) is 10.8 Å². The highest BCUT2D eigenvalue weighted by molar-refractivity contribution is 6.32. The smallest absolute Gasteiger partial charge is 0.291 e. The first-order valence-electron chi connectivity index (χ1n) is 9.14. The van der Waals surface area contributed by atoms with Gasteiger partial charge in [0.2, 0.25) is 5.82 Å².